The number of nitrogens with one attached hydrogen (secondary N) is 1. The Balaban J connectivity index is 0.000000172. The molecule has 1 saturated heterocycles. The van der Waals surface area contributed by atoms with E-state index in [1.807, 2.05) is 0 Å². The number of rotatable bonds is 3. The first-order chi connectivity index (χ1) is 12.4. The van der Waals surface area contributed by atoms with Crippen molar-refractivity contribution >= 4 is 23.0 Å². The third kappa shape index (κ3) is 3.50. The zero-order valence-corrected chi connectivity index (χ0v) is 13.7. The molecule has 0 unspecified atom stereocenters. The van der Waals surface area contributed by atoms with E-state index in [0.717, 1.165) is 24.1 Å². The highest BCUT2D eigenvalue weighted by Gasteiger charge is 2.34. The first-order valence-electron chi connectivity index (χ1n) is 8.15. The second-order valence-electron chi connectivity index (χ2n) is 6.38. The molecule has 1 fully saturated rings. The average Bonchev–Trinajstić information content (AvgIpc) is 2.88. The molecule has 1 aromatic carbocycles. The molecule has 2 heterocycles. The summed E-state index contributed by atoms with van der Waals surface area (Å²) in [6, 6.07) is 4.49. The number of carbonyl (C=O) groups is 2. The third-order valence-electron chi connectivity index (χ3n) is 4.71. The molecule has 4 atom stereocenters. The number of benzene rings is 1. The van der Waals surface area contributed by atoms with E-state index in [9.17, 15) is 9.59 Å². The summed E-state index contributed by atoms with van der Waals surface area (Å²) in [5.41, 5.74) is 5.08. The maximum atomic E-state index is 9.77. The number of aliphatic hydroxyl groups is 2. The second kappa shape index (κ2) is 7.32. The van der Waals surface area contributed by atoms with Crippen LogP contribution in [0.4, 0.5) is 0 Å². The minimum Gasteiger partial charge on any atom is -0.479 e. The number of hydrogen-bond acceptors (Lipinski definition) is 7. The molecule has 1 aromatic heterocycles. The van der Waals surface area contributed by atoms with Crippen molar-refractivity contribution in [1.82, 2.24) is 15.3 Å². The smallest absolute Gasteiger partial charge is 0.335 e. The largest absolute Gasteiger partial charge is 0.479 e. The molecule has 0 radical (unpaired) electrons. The molecule has 138 valence electrons. The Morgan fingerprint density at radius 1 is 0.923 bits per heavy atom. The molecule has 0 amide bonds. The molecule has 0 spiro atoms. The van der Waals surface area contributed by atoms with Gasteiger partial charge in [-0.05, 0) is 41.5 Å². The fraction of sp³-hybridized carbons (Fsp3) is 0.412. The van der Waals surface area contributed by atoms with Crippen LogP contribution >= 0.6 is 0 Å². The van der Waals surface area contributed by atoms with Gasteiger partial charge in [0, 0.05) is 25.5 Å². The van der Waals surface area contributed by atoms with E-state index in [2.05, 4.69) is 27.4 Å². The van der Waals surface area contributed by atoms with Crippen LogP contribution in [0, 0.1) is 0 Å². The van der Waals surface area contributed by atoms with Crippen molar-refractivity contribution in [3.63, 3.8) is 0 Å². The van der Waals surface area contributed by atoms with Crippen LogP contribution in [0.3, 0.4) is 0 Å². The highest BCUT2D eigenvalue weighted by molar-refractivity contribution is 5.83. The monoisotopic (exact) mass is 361 g/mol. The minimum atomic E-state index is -2.27. The SMILES string of the molecule is O=C(O)[C@@H](O)[C@H](O)C(=O)O.c1cnc2cc3c(cc2n1)[C@@H]1CNC[C@H]3C1. The average molecular weight is 361 g/mol. The molecule has 26 heavy (non-hydrogen) atoms. The van der Waals surface area contributed by atoms with Crippen LogP contribution in [0.15, 0.2) is 24.5 Å². The van der Waals surface area contributed by atoms with Gasteiger partial charge in [-0.15, -0.1) is 0 Å². The molecule has 1 aliphatic carbocycles. The Morgan fingerprint density at radius 2 is 1.35 bits per heavy atom. The predicted molar refractivity (Wildman–Crippen MR) is 89.8 cm³/mol. The van der Waals surface area contributed by atoms with E-state index >= 15 is 0 Å². The number of hydrogen-bond donors (Lipinski definition) is 5. The Morgan fingerprint density at radius 3 is 1.73 bits per heavy atom. The minimum absolute atomic E-state index is 0.695. The lowest BCUT2D eigenvalue weighted by atomic mass is 9.98. The van der Waals surface area contributed by atoms with Gasteiger partial charge in [0.2, 0.25) is 0 Å². The summed E-state index contributed by atoms with van der Waals surface area (Å²) in [4.78, 5) is 28.3. The van der Waals surface area contributed by atoms with Gasteiger partial charge in [0.05, 0.1) is 11.0 Å². The van der Waals surface area contributed by atoms with Gasteiger partial charge in [0.1, 0.15) is 0 Å². The Hall–Kier alpha value is -2.62. The molecule has 0 saturated carbocycles. The summed E-state index contributed by atoms with van der Waals surface area (Å²) in [7, 11) is 0. The summed E-state index contributed by atoms with van der Waals surface area (Å²) in [6.45, 7) is 2.24. The molecule has 4 rings (SSSR count). The molecular weight excluding hydrogens is 342 g/mol. The zero-order valence-electron chi connectivity index (χ0n) is 13.7. The van der Waals surface area contributed by atoms with Gasteiger partial charge in [-0.1, -0.05) is 0 Å². The van der Waals surface area contributed by atoms with Crippen molar-refractivity contribution in [1.29, 1.82) is 0 Å². The maximum absolute atomic E-state index is 9.77. The van der Waals surface area contributed by atoms with E-state index in [1.165, 1.54) is 17.5 Å². The zero-order chi connectivity index (χ0) is 18.8. The van der Waals surface area contributed by atoms with Crippen LogP contribution in [0.25, 0.3) is 11.0 Å². The second-order valence-corrected chi connectivity index (χ2v) is 6.38. The predicted octanol–water partition coefficient (Wildman–Crippen LogP) is -0.319. The molecule has 5 N–H and O–H groups in total. The van der Waals surface area contributed by atoms with Crippen molar-refractivity contribution < 1.29 is 30.0 Å². The van der Waals surface area contributed by atoms with Crippen LogP contribution in [0.5, 0.6) is 0 Å². The van der Waals surface area contributed by atoms with Crippen molar-refractivity contribution in [3.05, 3.63) is 35.7 Å². The molecule has 1 aliphatic heterocycles. The van der Waals surface area contributed by atoms with Gasteiger partial charge >= 0.3 is 11.9 Å². The molecule has 2 bridgehead atoms. The summed E-state index contributed by atoms with van der Waals surface area (Å²) in [5.74, 6) is -2.15. The molecule has 9 nitrogen and oxygen atoms in total. The first-order valence-corrected chi connectivity index (χ1v) is 8.15. The number of aromatic nitrogens is 2. The van der Waals surface area contributed by atoms with Crippen LogP contribution in [0.2, 0.25) is 0 Å². The molecule has 2 aliphatic rings. The Labute approximate surface area is 148 Å². The van der Waals surface area contributed by atoms with Gasteiger partial charge < -0.3 is 25.7 Å². The lowest BCUT2D eigenvalue weighted by Gasteiger charge is -2.19. The van der Waals surface area contributed by atoms with Crippen LogP contribution in [-0.4, -0.2) is 67.6 Å². The molecule has 2 aromatic rings. The Bertz CT molecular complexity index is 776. The molecular formula is C17H19N3O6. The van der Waals surface area contributed by atoms with Gasteiger partial charge in [-0.25, -0.2) is 9.59 Å². The first kappa shape index (κ1) is 18.2. The summed E-state index contributed by atoms with van der Waals surface area (Å²) in [6.07, 6.45) is 0.316. The number of carboxylic acid groups (broad SMARTS) is 2. The Kier molecular flexibility index (Phi) is 5.12. The lowest BCUT2D eigenvalue weighted by Crippen LogP contribution is -2.39. The van der Waals surface area contributed by atoms with Crippen LogP contribution in [0.1, 0.15) is 29.4 Å². The molecule has 9 heteroatoms. The van der Waals surface area contributed by atoms with Crippen molar-refractivity contribution in [2.24, 2.45) is 0 Å². The number of aliphatic carboxylic acids is 2. The van der Waals surface area contributed by atoms with Crippen LogP contribution < -0.4 is 5.32 Å². The number of fused-ring (bicyclic) bond motifs is 6. The third-order valence-corrected chi connectivity index (χ3v) is 4.71. The summed E-state index contributed by atoms with van der Waals surface area (Å²) < 4.78 is 0. The van der Waals surface area contributed by atoms with Crippen molar-refractivity contribution in [3.8, 4) is 0 Å². The lowest BCUT2D eigenvalue weighted by molar-refractivity contribution is -0.165. The topological polar surface area (TPSA) is 153 Å². The standard InChI is InChI=1S/C13H13N3.C4H6O6/c1-2-16-13-5-11-9-3-8(6-14-7-9)10(11)4-12(13)15-1;5-1(3(7)8)2(6)4(9)10/h1-2,4-5,8-9,14H,3,6-7H2;1-2,5-6H,(H,7,8)(H,9,10)/t8-,9+;1-,2-/m.0/s1. The number of piperidine rings is 1. The van der Waals surface area contributed by atoms with Gasteiger partial charge in [0.25, 0.3) is 0 Å². The number of carboxylic acids is 2. The van der Waals surface area contributed by atoms with Crippen molar-refractivity contribution in [2.45, 2.75) is 30.5 Å². The quantitative estimate of drug-likeness (QED) is 0.495. The number of aliphatic hydroxyl groups excluding tert-OH is 2. The van der Waals surface area contributed by atoms with Gasteiger partial charge in [0.15, 0.2) is 12.2 Å². The summed E-state index contributed by atoms with van der Waals surface area (Å²) >= 11 is 0. The highest BCUT2D eigenvalue weighted by Crippen LogP contribution is 2.44. The van der Waals surface area contributed by atoms with E-state index in [1.54, 1.807) is 12.4 Å². The van der Waals surface area contributed by atoms with E-state index in [-0.39, 0.29) is 0 Å². The fourth-order valence-electron chi connectivity index (χ4n) is 3.44. The highest BCUT2D eigenvalue weighted by atomic mass is 16.4. The maximum Gasteiger partial charge on any atom is 0.335 e. The van der Waals surface area contributed by atoms with Gasteiger partial charge in [-0.2, -0.15) is 0 Å². The fourth-order valence-corrected chi connectivity index (χ4v) is 3.44. The van der Waals surface area contributed by atoms with Crippen molar-refractivity contribution in [2.75, 3.05) is 13.1 Å². The van der Waals surface area contributed by atoms with E-state index in [4.69, 9.17) is 20.4 Å². The van der Waals surface area contributed by atoms with E-state index in [0.29, 0.717) is 11.8 Å². The van der Waals surface area contributed by atoms with E-state index < -0.39 is 24.1 Å². The van der Waals surface area contributed by atoms with Gasteiger partial charge in [-0.3, -0.25) is 9.97 Å². The van der Waals surface area contributed by atoms with Crippen LogP contribution in [-0.2, 0) is 9.59 Å². The summed E-state index contributed by atoms with van der Waals surface area (Å²) in [5, 5.41) is 36.0. The number of nitrogens with zero attached hydrogens (tertiary/aromatic N) is 2. The normalized spacial score (nSPS) is 22.7.